The second-order valence-electron chi connectivity index (χ2n) is 9.78. The molecule has 0 aromatic heterocycles. The molecule has 2 N–H and O–H groups in total. The van der Waals surface area contributed by atoms with Crippen LogP contribution in [0.2, 0.25) is 0 Å². The molecule has 1 aliphatic heterocycles. The van der Waals surface area contributed by atoms with E-state index in [0.717, 1.165) is 11.1 Å². The topological polar surface area (TPSA) is 125 Å². The van der Waals surface area contributed by atoms with E-state index in [-0.39, 0.29) is 18.1 Å². The molecule has 0 saturated carbocycles. The Balaban J connectivity index is 1.21. The Morgan fingerprint density at radius 1 is 0.953 bits per heavy atom. The van der Waals surface area contributed by atoms with Crippen LogP contribution in [0.15, 0.2) is 101 Å². The lowest BCUT2D eigenvalue weighted by Gasteiger charge is -2.18. The van der Waals surface area contributed by atoms with Gasteiger partial charge in [0.25, 0.3) is 0 Å². The molecule has 0 fully saturated rings. The van der Waals surface area contributed by atoms with Gasteiger partial charge in [-0.1, -0.05) is 54.1 Å². The molecule has 0 unspecified atom stereocenters. The summed E-state index contributed by atoms with van der Waals surface area (Å²) in [6, 6.07) is 25.5. The summed E-state index contributed by atoms with van der Waals surface area (Å²) in [5.41, 5.74) is 5.65. The van der Waals surface area contributed by atoms with Crippen LogP contribution in [-0.4, -0.2) is 34.4 Å². The number of nitrogens with one attached hydrogen (secondary N) is 2. The third-order valence-corrected chi connectivity index (χ3v) is 8.13. The number of hydrogen-bond acceptors (Lipinski definition) is 8. The first-order chi connectivity index (χ1) is 20.8. The van der Waals surface area contributed by atoms with E-state index in [1.54, 1.807) is 54.6 Å². The molecule has 43 heavy (non-hydrogen) atoms. The molecule has 0 aliphatic carbocycles. The van der Waals surface area contributed by atoms with E-state index in [2.05, 4.69) is 15.2 Å². The molecule has 11 heteroatoms. The van der Waals surface area contributed by atoms with E-state index in [1.165, 1.54) is 25.5 Å². The first-order valence-corrected chi connectivity index (χ1v) is 14.9. The standard InChI is InChI=1S/C32H31N3O7S/c1-22-8-12-26(13-9-22)43(37,38)35-27(25-6-4-3-5-7-25)18-32(36)34-33-19-23-10-14-28(30(16-23)39-2)40-20-24-11-15-29-31(17-24)42-21-41-29/h3-17,19,27,35H,18,20-21H2,1-2H3,(H,34,36)/b33-19-/t27-/m0/s1. The van der Waals surface area contributed by atoms with Crippen molar-refractivity contribution in [1.29, 1.82) is 0 Å². The van der Waals surface area contributed by atoms with E-state index < -0.39 is 22.0 Å². The summed E-state index contributed by atoms with van der Waals surface area (Å²) in [6.07, 6.45) is 1.30. The number of aryl methyl sites for hydroxylation is 1. The summed E-state index contributed by atoms with van der Waals surface area (Å²) in [5, 5.41) is 4.06. The Hall–Kier alpha value is -4.87. The Morgan fingerprint density at radius 3 is 2.49 bits per heavy atom. The number of methoxy groups -OCH3 is 1. The quantitative estimate of drug-likeness (QED) is 0.175. The van der Waals surface area contributed by atoms with E-state index >= 15 is 0 Å². The van der Waals surface area contributed by atoms with Gasteiger partial charge in [-0.2, -0.15) is 5.10 Å². The van der Waals surface area contributed by atoms with Crippen LogP contribution in [0.5, 0.6) is 23.0 Å². The van der Waals surface area contributed by atoms with Crippen LogP contribution in [0.25, 0.3) is 0 Å². The van der Waals surface area contributed by atoms with Gasteiger partial charge in [0.05, 0.1) is 24.3 Å². The van der Waals surface area contributed by atoms with Gasteiger partial charge in [-0.25, -0.2) is 18.6 Å². The lowest BCUT2D eigenvalue weighted by Crippen LogP contribution is -2.32. The van der Waals surface area contributed by atoms with E-state index in [9.17, 15) is 13.2 Å². The number of rotatable bonds is 12. The van der Waals surface area contributed by atoms with Crippen molar-refractivity contribution in [1.82, 2.24) is 10.1 Å². The van der Waals surface area contributed by atoms with Gasteiger partial charge in [-0.05, 0) is 66.1 Å². The van der Waals surface area contributed by atoms with Crippen molar-refractivity contribution in [2.75, 3.05) is 13.9 Å². The van der Waals surface area contributed by atoms with Gasteiger partial charge >= 0.3 is 0 Å². The van der Waals surface area contributed by atoms with Crippen molar-refractivity contribution in [2.24, 2.45) is 5.10 Å². The summed E-state index contributed by atoms with van der Waals surface area (Å²) in [4.78, 5) is 13.0. The maximum atomic E-state index is 13.1. The second-order valence-corrected chi connectivity index (χ2v) is 11.5. The van der Waals surface area contributed by atoms with Crippen LogP contribution in [0.4, 0.5) is 0 Å². The number of amides is 1. The molecule has 0 bridgehead atoms. The molecular weight excluding hydrogens is 570 g/mol. The average Bonchev–Trinajstić information content (AvgIpc) is 3.48. The van der Waals surface area contributed by atoms with Crippen molar-refractivity contribution in [3.63, 3.8) is 0 Å². The maximum absolute atomic E-state index is 13.1. The SMILES string of the molecule is COc1cc(/C=N\NC(=O)C[C@H](NS(=O)(=O)c2ccc(C)cc2)c2ccccc2)ccc1OCc1ccc2c(c1)OCO2. The molecule has 1 aliphatic rings. The predicted octanol–water partition coefficient (Wildman–Crippen LogP) is 4.87. The average molecular weight is 602 g/mol. The van der Waals surface area contributed by atoms with Gasteiger partial charge in [0.1, 0.15) is 6.61 Å². The van der Waals surface area contributed by atoms with Crippen molar-refractivity contribution in [2.45, 2.75) is 30.9 Å². The first-order valence-electron chi connectivity index (χ1n) is 13.5. The number of benzene rings is 4. The third-order valence-electron chi connectivity index (χ3n) is 6.64. The van der Waals surface area contributed by atoms with Crippen molar-refractivity contribution >= 4 is 22.1 Å². The van der Waals surface area contributed by atoms with Crippen molar-refractivity contribution < 1.29 is 32.2 Å². The normalized spacial score (nSPS) is 13.1. The molecule has 1 heterocycles. The minimum Gasteiger partial charge on any atom is -0.493 e. The molecule has 10 nitrogen and oxygen atoms in total. The number of nitrogens with zero attached hydrogens (tertiary/aromatic N) is 1. The monoisotopic (exact) mass is 601 g/mol. The van der Waals surface area contributed by atoms with E-state index in [0.29, 0.717) is 40.7 Å². The zero-order valence-corrected chi connectivity index (χ0v) is 24.5. The highest BCUT2D eigenvalue weighted by atomic mass is 32.2. The number of carbonyl (C=O) groups is 1. The van der Waals surface area contributed by atoms with Gasteiger partial charge in [0, 0.05) is 6.42 Å². The zero-order valence-electron chi connectivity index (χ0n) is 23.6. The number of hydrazone groups is 1. The minimum atomic E-state index is -3.88. The predicted molar refractivity (Wildman–Crippen MR) is 161 cm³/mol. The summed E-state index contributed by atoms with van der Waals surface area (Å²) < 4.78 is 51.0. The molecule has 0 spiro atoms. The Morgan fingerprint density at radius 2 is 1.72 bits per heavy atom. The molecule has 222 valence electrons. The summed E-state index contributed by atoms with van der Waals surface area (Å²) in [5.74, 6) is 1.95. The van der Waals surface area contributed by atoms with Crippen LogP contribution in [-0.2, 0) is 21.4 Å². The number of carbonyl (C=O) groups excluding carboxylic acids is 1. The fourth-order valence-corrected chi connectivity index (χ4v) is 5.60. The van der Waals surface area contributed by atoms with Crippen molar-refractivity contribution in [3.8, 4) is 23.0 Å². The van der Waals surface area contributed by atoms with Gasteiger partial charge in [0.15, 0.2) is 23.0 Å². The van der Waals surface area contributed by atoms with Gasteiger partial charge in [-0.3, -0.25) is 4.79 Å². The smallest absolute Gasteiger partial charge is 0.242 e. The molecule has 1 atom stereocenters. The van der Waals surface area contributed by atoms with Crippen LogP contribution < -0.4 is 29.1 Å². The number of sulfonamides is 1. The fourth-order valence-electron chi connectivity index (χ4n) is 4.37. The lowest BCUT2D eigenvalue weighted by atomic mass is 10.0. The fraction of sp³-hybridized carbons (Fsp3) is 0.188. The number of hydrogen-bond donors (Lipinski definition) is 2. The molecule has 4 aromatic rings. The zero-order chi connectivity index (χ0) is 30.2. The third kappa shape index (κ3) is 7.70. The first kappa shape index (κ1) is 29.6. The van der Waals surface area contributed by atoms with Crippen LogP contribution in [0.1, 0.15) is 34.7 Å². The van der Waals surface area contributed by atoms with Crippen LogP contribution in [0, 0.1) is 6.92 Å². The molecule has 5 rings (SSSR count). The second kappa shape index (κ2) is 13.4. The van der Waals surface area contributed by atoms with Crippen molar-refractivity contribution in [3.05, 3.63) is 113 Å². The molecular formula is C32H31N3O7S. The summed E-state index contributed by atoms with van der Waals surface area (Å²) >= 11 is 0. The molecule has 0 saturated heterocycles. The Kier molecular flexibility index (Phi) is 9.23. The Bertz CT molecular complexity index is 1710. The summed E-state index contributed by atoms with van der Waals surface area (Å²) in [6.45, 7) is 2.38. The molecule has 1 amide bonds. The maximum Gasteiger partial charge on any atom is 0.242 e. The highest BCUT2D eigenvalue weighted by Crippen LogP contribution is 2.34. The number of ether oxygens (including phenoxy) is 4. The van der Waals surface area contributed by atoms with Gasteiger partial charge in [-0.15, -0.1) is 0 Å². The largest absolute Gasteiger partial charge is 0.493 e. The van der Waals surface area contributed by atoms with E-state index in [4.69, 9.17) is 18.9 Å². The van der Waals surface area contributed by atoms with E-state index in [1.807, 2.05) is 31.2 Å². The van der Waals surface area contributed by atoms with Crippen LogP contribution in [0.3, 0.4) is 0 Å². The summed E-state index contributed by atoms with van der Waals surface area (Å²) in [7, 11) is -2.34. The minimum absolute atomic E-state index is 0.120. The number of fused-ring (bicyclic) bond motifs is 1. The highest BCUT2D eigenvalue weighted by Gasteiger charge is 2.24. The lowest BCUT2D eigenvalue weighted by molar-refractivity contribution is -0.121. The van der Waals surface area contributed by atoms with Gasteiger partial charge < -0.3 is 18.9 Å². The Labute approximate surface area is 250 Å². The van der Waals surface area contributed by atoms with Gasteiger partial charge in [0.2, 0.25) is 22.7 Å². The van der Waals surface area contributed by atoms with Crippen LogP contribution >= 0.6 is 0 Å². The highest BCUT2D eigenvalue weighted by molar-refractivity contribution is 7.89. The molecule has 4 aromatic carbocycles. The molecule has 0 radical (unpaired) electrons.